The zero-order chi connectivity index (χ0) is 12.1. The smallest absolute Gasteiger partial charge is 0.309 e. The standard InChI is InChI=1S/C11H18N2O2S/c1-7(2)4-5-12-11-13-9(6-10(14)15)8(3)16-11/h7H,4-6H2,1-3H3,(H,12,13)(H,14,15). The van der Waals surface area contributed by atoms with Crippen LogP contribution in [-0.4, -0.2) is 22.6 Å². The minimum absolute atomic E-state index is 0.00813. The van der Waals surface area contributed by atoms with Crippen LogP contribution in [0.1, 0.15) is 30.8 Å². The molecule has 0 radical (unpaired) electrons. The fourth-order valence-corrected chi connectivity index (χ4v) is 2.13. The first-order valence-corrected chi connectivity index (χ1v) is 6.22. The van der Waals surface area contributed by atoms with E-state index in [2.05, 4.69) is 24.1 Å². The second-order valence-corrected chi connectivity index (χ2v) is 5.40. The van der Waals surface area contributed by atoms with Crippen molar-refractivity contribution in [3.8, 4) is 0 Å². The van der Waals surface area contributed by atoms with Crippen molar-refractivity contribution in [2.75, 3.05) is 11.9 Å². The van der Waals surface area contributed by atoms with Crippen molar-refractivity contribution in [3.63, 3.8) is 0 Å². The third-order valence-corrected chi connectivity index (χ3v) is 3.18. The van der Waals surface area contributed by atoms with Gasteiger partial charge in [0.1, 0.15) is 0 Å². The van der Waals surface area contributed by atoms with Gasteiger partial charge in [-0.25, -0.2) is 4.98 Å². The molecule has 0 aliphatic rings. The van der Waals surface area contributed by atoms with E-state index in [0.29, 0.717) is 11.6 Å². The molecule has 0 saturated heterocycles. The zero-order valence-electron chi connectivity index (χ0n) is 9.91. The van der Waals surface area contributed by atoms with Crippen LogP contribution < -0.4 is 5.32 Å². The molecule has 0 fully saturated rings. The first-order chi connectivity index (χ1) is 7.49. The van der Waals surface area contributed by atoms with Crippen molar-refractivity contribution in [1.29, 1.82) is 0 Å². The first kappa shape index (κ1) is 13.0. The lowest BCUT2D eigenvalue weighted by Gasteiger charge is -2.04. The third kappa shape index (κ3) is 4.18. The number of carbonyl (C=O) groups is 1. The summed E-state index contributed by atoms with van der Waals surface area (Å²) in [4.78, 5) is 15.8. The quantitative estimate of drug-likeness (QED) is 0.804. The molecule has 1 aromatic rings. The van der Waals surface area contributed by atoms with Gasteiger partial charge in [0.25, 0.3) is 0 Å². The Balaban J connectivity index is 2.52. The molecule has 16 heavy (non-hydrogen) atoms. The van der Waals surface area contributed by atoms with E-state index < -0.39 is 5.97 Å². The number of hydrogen-bond donors (Lipinski definition) is 2. The molecular weight excluding hydrogens is 224 g/mol. The monoisotopic (exact) mass is 242 g/mol. The molecule has 0 unspecified atom stereocenters. The van der Waals surface area contributed by atoms with Crippen LogP contribution >= 0.6 is 11.3 Å². The molecule has 1 rings (SSSR count). The number of anilines is 1. The van der Waals surface area contributed by atoms with Crippen molar-refractivity contribution in [2.24, 2.45) is 5.92 Å². The summed E-state index contributed by atoms with van der Waals surface area (Å²) in [5.41, 5.74) is 0.671. The molecule has 90 valence electrons. The second kappa shape index (κ2) is 5.84. The van der Waals surface area contributed by atoms with Crippen LogP contribution in [0.3, 0.4) is 0 Å². The van der Waals surface area contributed by atoms with Crippen LogP contribution in [0, 0.1) is 12.8 Å². The fourth-order valence-electron chi connectivity index (χ4n) is 1.28. The molecule has 0 amide bonds. The fraction of sp³-hybridized carbons (Fsp3) is 0.636. The minimum atomic E-state index is -0.831. The number of nitrogens with one attached hydrogen (secondary N) is 1. The molecule has 0 aromatic carbocycles. The lowest BCUT2D eigenvalue weighted by Crippen LogP contribution is -2.05. The van der Waals surface area contributed by atoms with Gasteiger partial charge in [-0.15, -0.1) is 11.3 Å². The van der Waals surface area contributed by atoms with E-state index in [9.17, 15) is 4.79 Å². The highest BCUT2D eigenvalue weighted by Gasteiger charge is 2.10. The molecule has 2 N–H and O–H groups in total. The maximum atomic E-state index is 10.6. The Morgan fingerprint density at radius 2 is 2.25 bits per heavy atom. The zero-order valence-corrected chi connectivity index (χ0v) is 10.7. The molecule has 0 bridgehead atoms. The summed E-state index contributed by atoms with van der Waals surface area (Å²) in [6.45, 7) is 7.13. The third-order valence-electron chi connectivity index (χ3n) is 2.21. The Kier molecular flexibility index (Phi) is 4.73. The maximum Gasteiger partial charge on any atom is 0.309 e. The van der Waals surface area contributed by atoms with Gasteiger partial charge in [0.05, 0.1) is 12.1 Å². The van der Waals surface area contributed by atoms with E-state index >= 15 is 0 Å². The summed E-state index contributed by atoms with van der Waals surface area (Å²) in [5.74, 6) is -0.172. The Bertz CT molecular complexity index is 361. The maximum absolute atomic E-state index is 10.6. The molecule has 1 aromatic heterocycles. The van der Waals surface area contributed by atoms with Gasteiger partial charge in [-0.1, -0.05) is 13.8 Å². The summed E-state index contributed by atoms with van der Waals surface area (Å²) < 4.78 is 0. The molecular formula is C11H18N2O2S. The molecule has 0 aliphatic carbocycles. The van der Waals surface area contributed by atoms with Gasteiger partial charge < -0.3 is 10.4 Å². The van der Waals surface area contributed by atoms with Gasteiger partial charge in [-0.05, 0) is 19.3 Å². The minimum Gasteiger partial charge on any atom is -0.481 e. The number of aromatic nitrogens is 1. The Morgan fingerprint density at radius 3 is 2.81 bits per heavy atom. The Hall–Kier alpha value is -1.10. The molecule has 0 aliphatic heterocycles. The molecule has 5 heteroatoms. The number of aryl methyl sites for hydroxylation is 1. The number of thiazole rings is 1. The van der Waals surface area contributed by atoms with Crippen LogP contribution in [0.15, 0.2) is 0 Å². The first-order valence-electron chi connectivity index (χ1n) is 5.41. The van der Waals surface area contributed by atoms with E-state index in [1.165, 1.54) is 11.3 Å². The highest BCUT2D eigenvalue weighted by Crippen LogP contribution is 2.22. The highest BCUT2D eigenvalue weighted by molar-refractivity contribution is 7.15. The average molecular weight is 242 g/mol. The van der Waals surface area contributed by atoms with Crippen LogP contribution in [0.25, 0.3) is 0 Å². The Labute approximate surface area is 99.7 Å². The normalized spacial score (nSPS) is 10.8. The second-order valence-electron chi connectivity index (χ2n) is 4.20. The van der Waals surface area contributed by atoms with Gasteiger partial charge in [0.2, 0.25) is 0 Å². The number of aliphatic carboxylic acids is 1. The molecule has 1 heterocycles. The van der Waals surface area contributed by atoms with E-state index in [1.807, 2.05) is 6.92 Å². The molecule has 0 atom stereocenters. The predicted molar refractivity (Wildman–Crippen MR) is 66.1 cm³/mol. The van der Waals surface area contributed by atoms with Crippen molar-refractivity contribution >= 4 is 22.4 Å². The van der Waals surface area contributed by atoms with Crippen LogP contribution in [0.4, 0.5) is 5.13 Å². The highest BCUT2D eigenvalue weighted by atomic mass is 32.1. The lowest BCUT2D eigenvalue weighted by molar-refractivity contribution is -0.136. The van der Waals surface area contributed by atoms with Crippen LogP contribution in [0.5, 0.6) is 0 Å². The van der Waals surface area contributed by atoms with Crippen LogP contribution in [0.2, 0.25) is 0 Å². The van der Waals surface area contributed by atoms with E-state index in [-0.39, 0.29) is 6.42 Å². The molecule has 0 spiro atoms. The largest absolute Gasteiger partial charge is 0.481 e. The number of carboxylic acids is 1. The predicted octanol–water partition coefficient (Wildman–Crippen LogP) is 2.54. The van der Waals surface area contributed by atoms with Crippen molar-refractivity contribution in [1.82, 2.24) is 4.98 Å². The van der Waals surface area contributed by atoms with Crippen molar-refractivity contribution in [3.05, 3.63) is 10.6 Å². The van der Waals surface area contributed by atoms with Crippen molar-refractivity contribution in [2.45, 2.75) is 33.6 Å². The molecule has 0 saturated carbocycles. The SMILES string of the molecule is Cc1sc(NCCC(C)C)nc1CC(=O)O. The van der Waals surface area contributed by atoms with Gasteiger partial charge in [0, 0.05) is 11.4 Å². The number of nitrogens with zero attached hydrogens (tertiary/aromatic N) is 1. The average Bonchev–Trinajstić information content (AvgIpc) is 2.45. The Morgan fingerprint density at radius 1 is 1.56 bits per heavy atom. The van der Waals surface area contributed by atoms with E-state index in [4.69, 9.17) is 5.11 Å². The van der Waals surface area contributed by atoms with Gasteiger partial charge >= 0.3 is 5.97 Å². The summed E-state index contributed by atoms with van der Waals surface area (Å²) in [7, 11) is 0. The number of hydrogen-bond acceptors (Lipinski definition) is 4. The lowest BCUT2D eigenvalue weighted by atomic mass is 10.1. The van der Waals surface area contributed by atoms with Crippen molar-refractivity contribution < 1.29 is 9.90 Å². The van der Waals surface area contributed by atoms with Crippen LogP contribution in [-0.2, 0) is 11.2 Å². The summed E-state index contributed by atoms with van der Waals surface area (Å²) >= 11 is 1.52. The number of rotatable bonds is 6. The van der Waals surface area contributed by atoms with Gasteiger partial charge in [-0.3, -0.25) is 4.79 Å². The van der Waals surface area contributed by atoms with Gasteiger partial charge in [-0.2, -0.15) is 0 Å². The van der Waals surface area contributed by atoms with Gasteiger partial charge in [0.15, 0.2) is 5.13 Å². The van der Waals surface area contributed by atoms with E-state index in [1.54, 1.807) is 0 Å². The summed E-state index contributed by atoms with van der Waals surface area (Å²) in [6.07, 6.45) is 1.10. The van der Waals surface area contributed by atoms with E-state index in [0.717, 1.165) is 23.0 Å². The molecule has 4 nitrogen and oxygen atoms in total. The summed E-state index contributed by atoms with van der Waals surface area (Å²) in [5, 5.41) is 12.7. The number of carboxylic acid groups (broad SMARTS) is 1. The summed E-state index contributed by atoms with van der Waals surface area (Å²) in [6, 6.07) is 0. The topological polar surface area (TPSA) is 62.2 Å².